The number of thiazole rings is 1. The molecule has 2 aromatic heterocycles. The van der Waals surface area contributed by atoms with Gasteiger partial charge in [-0.25, -0.2) is 4.98 Å². The van der Waals surface area contributed by atoms with Crippen LogP contribution in [0.1, 0.15) is 24.6 Å². The lowest BCUT2D eigenvalue weighted by Crippen LogP contribution is -3.11. The molecule has 0 bridgehead atoms. The number of aryl methyl sites for hydroxylation is 1. The number of hydrogen-bond donors (Lipinski definition) is 2. The van der Waals surface area contributed by atoms with Crippen molar-refractivity contribution in [2.75, 3.05) is 18.4 Å². The predicted molar refractivity (Wildman–Crippen MR) is 110 cm³/mol. The number of aromatic nitrogens is 1. The Kier molecular flexibility index (Phi) is 6.55. The first kappa shape index (κ1) is 18.8. The number of rotatable bonds is 8. The molecule has 0 saturated carbocycles. The summed E-state index contributed by atoms with van der Waals surface area (Å²) in [6, 6.07) is 9.97. The fourth-order valence-electron chi connectivity index (χ4n) is 2.89. The number of hydrogen-bond acceptors (Lipinski definition) is 4. The monoisotopic (exact) mass is 386 g/mol. The van der Waals surface area contributed by atoms with Gasteiger partial charge in [-0.2, -0.15) is 11.3 Å². The second-order valence-corrected chi connectivity index (χ2v) is 8.01. The number of nitrogens with one attached hydrogen (secondary N) is 2. The topological polar surface area (TPSA) is 46.4 Å². The zero-order chi connectivity index (χ0) is 18.4. The van der Waals surface area contributed by atoms with Crippen molar-refractivity contribution < 1.29 is 9.69 Å². The van der Waals surface area contributed by atoms with Gasteiger partial charge in [0.25, 0.3) is 5.91 Å². The molecule has 4 nitrogen and oxygen atoms in total. The standard InChI is InChI=1S/C20H23N3OS2/c1-3-9-23(12-19(24)22-18-7-5-4-6-15(18)2)11-17-14-26-20(21-17)16-8-10-25-13-16/h4-8,10,13-14H,3,9,11-12H2,1-2H3,(H,22,24)/p+1. The van der Waals surface area contributed by atoms with Crippen molar-refractivity contribution in [2.24, 2.45) is 0 Å². The molecular weight excluding hydrogens is 362 g/mol. The Hall–Kier alpha value is -2.02. The number of carbonyl (C=O) groups is 1. The number of para-hydroxylation sites is 1. The summed E-state index contributed by atoms with van der Waals surface area (Å²) in [5.74, 6) is 0.0519. The molecule has 26 heavy (non-hydrogen) atoms. The molecule has 1 atom stereocenters. The molecule has 1 aromatic carbocycles. The summed E-state index contributed by atoms with van der Waals surface area (Å²) in [5.41, 5.74) is 4.21. The average molecular weight is 387 g/mol. The number of quaternary nitrogens is 1. The van der Waals surface area contributed by atoms with Crippen LogP contribution in [0.3, 0.4) is 0 Å². The zero-order valence-electron chi connectivity index (χ0n) is 15.1. The van der Waals surface area contributed by atoms with Crippen LogP contribution in [0, 0.1) is 6.92 Å². The second-order valence-electron chi connectivity index (χ2n) is 6.37. The van der Waals surface area contributed by atoms with Crippen molar-refractivity contribution in [1.29, 1.82) is 0 Å². The van der Waals surface area contributed by atoms with Crippen LogP contribution < -0.4 is 10.2 Å². The fraction of sp³-hybridized carbons (Fsp3) is 0.300. The van der Waals surface area contributed by atoms with E-state index in [-0.39, 0.29) is 5.91 Å². The first-order chi connectivity index (χ1) is 12.7. The van der Waals surface area contributed by atoms with Gasteiger partial charge in [-0.05, 0) is 36.4 Å². The normalized spacial score (nSPS) is 12.1. The largest absolute Gasteiger partial charge is 0.322 e. The predicted octanol–water partition coefficient (Wildman–Crippen LogP) is 3.61. The summed E-state index contributed by atoms with van der Waals surface area (Å²) in [4.78, 5) is 18.5. The smallest absolute Gasteiger partial charge is 0.279 e. The molecule has 136 valence electrons. The Morgan fingerprint density at radius 2 is 2.08 bits per heavy atom. The van der Waals surface area contributed by atoms with E-state index in [4.69, 9.17) is 4.98 Å². The van der Waals surface area contributed by atoms with Gasteiger partial charge >= 0.3 is 0 Å². The molecule has 0 aliphatic heterocycles. The second kappa shape index (κ2) is 9.07. The van der Waals surface area contributed by atoms with Crippen molar-refractivity contribution in [3.8, 4) is 10.6 Å². The Morgan fingerprint density at radius 1 is 1.23 bits per heavy atom. The Labute approximate surface area is 162 Å². The third-order valence-corrected chi connectivity index (χ3v) is 5.81. The minimum Gasteiger partial charge on any atom is -0.322 e. The van der Waals surface area contributed by atoms with Crippen molar-refractivity contribution in [3.63, 3.8) is 0 Å². The molecule has 1 amide bonds. The van der Waals surface area contributed by atoms with E-state index in [1.54, 1.807) is 22.7 Å². The van der Waals surface area contributed by atoms with Crippen LogP contribution in [0.5, 0.6) is 0 Å². The highest BCUT2D eigenvalue weighted by Crippen LogP contribution is 2.25. The third-order valence-electron chi connectivity index (χ3n) is 4.18. The van der Waals surface area contributed by atoms with E-state index >= 15 is 0 Å². The summed E-state index contributed by atoms with van der Waals surface area (Å²) in [6.45, 7) is 6.33. The number of benzene rings is 1. The van der Waals surface area contributed by atoms with Crippen molar-refractivity contribution in [2.45, 2.75) is 26.8 Å². The van der Waals surface area contributed by atoms with E-state index in [9.17, 15) is 4.79 Å². The van der Waals surface area contributed by atoms with Gasteiger partial charge in [0.15, 0.2) is 6.54 Å². The van der Waals surface area contributed by atoms with E-state index in [0.717, 1.165) is 41.5 Å². The summed E-state index contributed by atoms with van der Waals surface area (Å²) in [6.07, 6.45) is 1.04. The molecule has 0 aliphatic rings. The van der Waals surface area contributed by atoms with Crippen LogP contribution in [-0.4, -0.2) is 24.0 Å². The maximum absolute atomic E-state index is 12.5. The molecule has 1 unspecified atom stereocenters. The van der Waals surface area contributed by atoms with E-state index in [1.807, 2.05) is 31.2 Å². The van der Waals surface area contributed by atoms with E-state index in [1.165, 1.54) is 10.5 Å². The van der Waals surface area contributed by atoms with Crippen LogP contribution in [0.4, 0.5) is 5.69 Å². The van der Waals surface area contributed by atoms with Gasteiger partial charge < -0.3 is 10.2 Å². The van der Waals surface area contributed by atoms with Crippen LogP contribution >= 0.6 is 22.7 Å². The molecule has 0 saturated heterocycles. The number of anilines is 1. The molecule has 2 heterocycles. The maximum Gasteiger partial charge on any atom is 0.279 e. The highest BCUT2D eigenvalue weighted by atomic mass is 32.1. The first-order valence-electron chi connectivity index (χ1n) is 8.81. The molecule has 3 rings (SSSR count). The van der Waals surface area contributed by atoms with Gasteiger partial charge in [0.05, 0.1) is 6.54 Å². The van der Waals surface area contributed by atoms with Crippen molar-refractivity contribution >= 4 is 34.3 Å². The Balaban J connectivity index is 1.62. The number of amides is 1. The molecule has 0 radical (unpaired) electrons. The minimum absolute atomic E-state index is 0.0519. The molecule has 0 fully saturated rings. The quantitative estimate of drug-likeness (QED) is 0.621. The van der Waals surface area contributed by atoms with Gasteiger partial charge in [0.1, 0.15) is 17.2 Å². The first-order valence-corrected chi connectivity index (χ1v) is 10.6. The van der Waals surface area contributed by atoms with E-state index < -0.39 is 0 Å². The molecule has 3 aromatic rings. The van der Waals surface area contributed by atoms with Gasteiger partial charge in [-0.15, -0.1) is 11.3 Å². The molecule has 0 aliphatic carbocycles. The zero-order valence-corrected chi connectivity index (χ0v) is 16.8. The molecular formula is C20H24N3OS2+. The van der Waals surface area contributed by atoms with E-state index in [0.29, 0.717) is 6.54 Å². The molecule has 0 spiro atoms. The van der Waals surface area contributed by atoms with Crippen molar-refractivity contribution in [1.82, 2.24) is 4.98 Å². The van der Waals surface area contributed by atoms with Gasteiger partial charge in [0.2, 0.25) is 0 Å². The number of carbonyl (C=O) groups excluding carboxylic acids is 1. The SMILES string of the molecule is CCC[NH+](CC(=O)Nc1ccccc1C)Cc1csc(-c2ccsc2)n1. The molecule has 2 N–H and O–H groups in total. The van der Waals surface area contributed by atoms with Crippen LogP contribution in [0.25, 0.3) is 10.6 Å². The van der Waals surface area contributed by atoms with E-state index in [2.05, 4.69) is 34.4 Å². The van der Waals surface area contributed by atoms with Crippen LogP contribution in [0.15, 0.2) is 46.5 Å². The maximum atomic E-state index is 12.5. The summed E-state index contributed by atoms with van der Waals surface area (Å²) < 4.78 is 0. The van der Waals surface area contributed by atoms with Gasteiger partial charge in [0, 0.05) is 22.0 Å². The highest BCUT2D eigenvalue weighted by molar-refractivity contribution is 7.14. The molecule has 6 heteroatoms. The number of thiophene rings is 1. The summed E-state index contributed by atoms with van der Waals surface area (Å²) >= 11 is 3.36. The van der Waals surface area contributed by atoms with Crippen LogP contribution in [0.2, 0.25) is 0 Å². The fourth-order valence-corrected chi connectivity index (χ4v) is 4.42. The number of nitrogens with zero attached hydrogens (tertiary/aromatic N) is 1. The average Bonchev–Trinajstić information content (AvgIpc) is 3.28. The Bertz CT molecular complexity index is 842. The van der Waals surface area contributed by atoms with Crippen LogP contribution in [-0.2, 0) is 11.3 Å². The highest BCUT2D eigenvalue weighted by Gasteiger charge is 2.17. The lowest BCUT2D eigenvalue weighted by molar-refractivity contribution is -0.906. The minimum atomic E-state index is 0.0519. The van der Waals surface area contributed by atoms with Gasteiger partial charge in [-0.1, -0.05) is 25.1 Å². The lowest BCUT2D eigenvalue weighted by Gasteiger charge is -2.18. The summed E-state index contributed by atoms with van der Waals surface area (Å²) in [7, 11) is 0. The lowest BCUT2D eigenvalue weighted by atomic mass is 10.2. The third kappa shape index (κ3) is 5.00. The summed E-state index contributed by atoms with van der Waals surface area (Å²) in [5, 5.41) is 10.4. The van der Waals surface area contributed by atoms with Gasteiger partial charge in [-0.3, -0.25) is 4.79 Å². The van der Waals surface area contributed by atoms with Crippen molar-refractivity contribution in [3.05, 3.63) is 57.7 Å². The Morgan fingerprint density at radius 3 is 2.81 bits per heavy atom.